The molecular formula is C32H33N3O8S. The third-order valence-electron chi connectivity index (χ3n) is 6.41. The van der Waals surface area contributed by atoms with Crippen molar-refractivity contribution in [2.75, 3.05) is 31.7 Å². The summed E-state index contributed by atoms with van der Waals surface area (Å²) in [5, 5.41) is 3.96. The van der Waals surface area contributed by atoms with E-state index in [0.29, 0.717) is 28.5 Å². The van der Waals surface area contributed by atoms with Crippen LogP contribution in [-0.4, -0.2) is 53.9 Å². The number of nitrogens with one attached hydrogen (secondary N) is 1. The van der Waals surface area contributed by atoms with Gasteiger partial charge < -0.3 is 18.6 Å². The van der Waals surface area contributed by atoms with Crippen molar-refractivity contribution < 1.29 is 36.6 Å². The second kappa shape index (κ2) is 13.9. The van der Waals surface area contributed by atoms with Crippen LogP contribution in [0.2, 0.25) is 0 Å². The summed E-state index contributed by atoms with van der Waals surface area (Å²) in [6.07, 6.45) is 1.30. The van der Waals surface area contributed by atoms with Crippen molar-refractivity contribution in [3.63, 3.8) is 0 Å². The second-order valence-electron chi connectivity index (χ2n) is 9.67. The highest BCUT2D eigenvalue weighted by atomic mass is 32.2. The number of hydrogen-bond acceptors (Lipinski definition) is 9. The summed E-state index contributed by atoms with van der Waals surface area (Å²) >= 11 is 0. The van der Waals surface area contributed by atoms with E-state index in [2.05, 4.69) is 10.5 Å². The average molecular weight is 620 g/mol. The normalized spacial score (nSPS) is 11.3. The zero-order valence-corrected chi connectivity index (χ0v) is 25.8. The van der Waals surface area contributed by atoms with Crippen LogP contribution in [0.5, 0.6) is 11.5 Å². The molecule has 0 spiro atoms. The monoisotopic (exact) mass is 619 g/mol. The highest BCUT2D eigenvalue weighted by molar-refractivity contribution is 7.92. The van der Waals surface area contributed by atoms with Gasteiger partial charge in [-0.25, -0.2) is 18.6 Å². The molecule has 0 aliphatic carbocycles. The van der Waals surface area contributed by atoms with Crippen molar-refractivity contribution in [3.05, 3.63) is 95.2 Å². The molecule has 1 amide bonds. The van der Waals surface area contributed by atoms with Crippen LogP contribution in [0.1, 0.15) is 34.2 Å². The maximum Gasteiger partial charge on any atom is 0.338 e. The molecule has 0 saturated heterocycles. The van der Waals surface area contributed by atoms with Crippen molar-refractivity contribution >= 4 is 33.8 Å². The SMILES string of the molecule is CCOC(=O)c1ccc(-c2ccc(/C=N/NC(=O)CN(c3cc(C)cc(C)c3)S(=O)(=O)c3ccc(OC)c(OC)c3)o2)cc1. The standard InChI is InChI=1S/C32H33N3O8S/c1-6-42-32(37)24-9-7-23(8-10-24)28-13-11-26(43-28)19-33-34-31(36)20-35(25-16-21(2)15-22(3)17-25)44(38,39)27-12-14-29(40-4)30(18-27)41-5/h7-19H,6,20H2,1-5H3,(H,34,36)/b33-19+. The lowest BCUT2D eigenvalue weighted by Gasteiger charge is -2.25. The number of nitrogens with zero attached hydrogens (tertiary/aromatic N) is 2. The molecular weight excluding hydrogens is 586 g/mol. The fourth-order valence-corrected chi connectivity index (χ4v) is 5.83. The van der Waals surface area contributed by atoms with Crippen molar-refractivity contribution in [2.45, 2.75) is 25.7 Å². The van der Waals surface area contributed by atoms with Crippen molar-refractivity contribution in [1.29, 1.82) is 0 Å². The van der Waals surface area contributed by atoms with E-state index >= 15 is 0 Å². The summed E-state index contributed by atoms with van der Waals surface area (Å²) in [6.45, 7) is 5.16. The van der Waals surface area contributed by atoms with Crippen LogP contribution >= 0.6 is 0 Å². The first-order valence-corrected chi connectivity index (χ1v) is 15.0. The molecule has 44 heavy (non-hydrogen) atoms. The molecule has 1 heterocycles. The quantitative estimate of drug-likeness (QED) is 0.131. The van der Waals surface area contributed by atoms with Gasteiger partial charge in [0.1, 0.15) is 18.1 Å². The number of carbonyl (C=O) groups excluding carboxylic acids is 2. The fourth-order valence-electron chi connectivity index (χ4n) is 4.41. The number of carbonyl (C=O) groups is 2. The highest BCUT2D eigenvalue weighted by Gasteiger charge is 2.28. The number of methoxy groups -OCH3 is 2. The number of anilines is 1. The Kier molecular flexibility index (Phi) is 10.1. The van der Waals surface area contributed by atoms with E-state index in [1.807, 2.05) is 19.9 Å². The molecule has 1 N–H and O–H groups in total. The number of benzene rings is 3. The van der Waals surface area contributed by atoms with Crippen LogP contribution in [0.15, 0.2) is 87.2 Å². The Labute approximate surface area is 256 Å². The number of hydrogen-bond donors (Lipinski definition) is 1. The lowest BCUT2D eigenvalue weighted by Crippen LogP contribution is -2.39. The second-order valence-corrected chi connectivity index (χ2v) is 11.5. The molecule has 230 valence electrons. The minimum Gasteiger partial charge on any atom is -0.493 e. The number of furan rings is 1. The topological polar surface area (TPSA) is 137 Å². The number of esters is 1. The first-order chi connectivity index (χ1) is 21.0. The molecule has 0 saturated carbocycles. The zero-order valence-electron chi connectivity index (χ0n) is 25.0. The molecule has 3 aromatic carbocycles. The number of rotatable bonds is 12. The van der Waals surface area contributed by atoms with Gasteiger partial charge in [0.05, 0.1) is 43.2 Å². The first-order valence-electron chi connectivity index (χ1n) is 13.6. The minimum atomic E-state index is -4.22. The van der Waals surface area contributed by atoms with E-state index in [4.69, 9.17) is 18.6 Å². The molecule has 4 rings (SSSR count). The zero-order chi connectivity index (χ0) is 31.9. The van der Waals surface area contributed by atoms with Gasteiger partial charge in [0.25, 0.3) is 15.9 Å². The molecule has 0 aliphatic heterocycles. The predicted octanol–water partition coefficient (Wildman–Crippen LogP) is 5.10. The van der Waals surface area contributed by atoms with E-state index < -0.39 is 28.4 Å². The Bertz CT molecular complexity index is 1760. The summed E-state index contributed by atoms with van der Waals surface area (Å²) in [4.78, 5) is 24.8. The van der Waals surface area contributed by atoms with Gasteiger partial charge in [0.15, 0.2) is 11.5 Å². The summed E-state index contributed by atoms with van der Waals surface area (Å²) in [5.41, 5.74) is 5.51. The van der Waals surface area contributed by atoms with Crippen LogP contribution in [0, 0.1) is 13.8 Å². The van der Waals surface area contributed by atoms with Gasteiger partial charge in [-0.3, -0.25) is 9.10 Å². The maximum absolute atomic E-state index is 13.9. The van der Waals surface area contributed by atoms with Gasteiger partial charge in [0.2, 0.25) is 0 Å². The lowest BCUT2D eigenvalue weighted by molar-refractivity contribution is -0.119. The average Bonchev–Trinajstić information content (AvgIpc) is 3.48. The molecule has 4 aromatic rings. The molecule has 0 unspecified atom stereocenters. The minimum absolute atomic E-state index is 0.0796. The van der Waals surface area contributed by atoms with E-state index in [9.17, 15) is 18.0 Å². The van der Waals surface area contributed by atoms with Gasteiger partial charge in [-0.15, -0.1) is 0 Å². The fraction of sp³-hybridized carbons (Fsp3) is 0.219. The Hall–Kier alpha value is -5.10. The summed E-state index contributed by atoms with van der Waals surface area (Å²) in [6, 6.07) is 19.6. The summed E-state index contributed by atoms with van der Waals surface area (Å²) in [7, 11) is -1.36. The van der Waals surface area contributed by atoms with Crippen LogP contribution in [0.3, 0.4) is 0 Å². The van der Waals surface area contributed by atoms with Crippen LogP contribution in [0.4, 0.5) is 5.69 Å². The van der Waals surface area contributed by atoms with E-state index in [1.54, 1.807) is 55.5 Å². The van der Waals surface area contributed by atoms with Gasteiger partial charge in [-0.05, 0) is 80.4 Å². The Morgan fingerprint density at radius 2 is 1.59 bits per heavy atom. The molecule has 12 heteroatoms. The van der Waals surface area contributed by atoms with Crippen LogP contribution < -0.4 is 19.2 Å². The number of hydrazone groups is 1. The highest BCUT2D eigenvalue weighted by Crippen LogP contribution is 2.32. The molecule has 0 radical (unpaired) electrons. The number of ether oxygens (including phenoxy) is 3. The Morgan fingerprint density at radius 1 is 0.909 bits per heavy atom. The third-order valence-corrected chi connectivity index (χ3v) is 8.18. The summed E-state index contributed by atoms with van der Waals surface area (Å²) < 4.78 is 50.0. The van der Waals surface area contributed by atoms with Gasteiger partial charge in [0, 0.05) is 11.6 Å². The van der Waals surface area contributed by atoms with Crippen LogP contribution in [0.25, 0.3) is 11.3 Å². The number of amides is 1. The van der Waals surface area contributed by atoms with E-state index in [-0.39, 0.29) is 17.3 Å². The number of aryl methyl sites for hydroxylation is 2. The smallest absolute Gasteiger partial charge is 0.338 e. The molecule has 0 bridgehead atoms. The molecule has 0 atom stereocenters. The molecule has 1 aromatic heterocycles. The third kappa shape index (κ3) is 7.45. The Morgan fingerprint density at radius 3 is 2.23 bits per heavy atom. The Balaban J connectivity index is 1.51. The lowest BCUT2D eigenvalue weighted by atomic mass is 10.1. The van der Waals surface area contributed by atoms with Gasteiger partial charge >= 0.3 is 5.97 Å². The van der Waals surface area contributed by atoms with E-state index in [1.165, 1.54) is 38.6 Å². The molecule has 11 nitrogen and oxygen atoms in total. The molecule has 0 aliphatic rings. The largest absolute Gasteiger partial charge is 0.493 e. The van der Waals surface area contributed by atoms with Gasteiger partial charge in [-0.2, -0.15) is 5.10 Å². The molecule has 0 fully saturated rings. The van der Waals surface area contributed by atoms with Crippen molar-refractivity contribution in [2.24, 2.45) is 5.10 Å². The van der Waals surface area contributed by atoms with Crippen molar-refractivity contribution in [1.82, 2.24) is 5.43 Å². The first kappa shape index (κ1) is 31.8. The number of sulfonamides is 1. The maximum atomic E-state index is 13.9. The van der Waals surface area contributed by atoms with E-state index in [0.717, 1.165) is 21.0 Å². The van der Waals surface area contributed by atoms with Crippen LogP contribution in [-0.2, 0) is 19.6 Å². The van der Waals surface area contributed by atoms with Gasteiger partial charge in [-0.1, -0.05) is 18.2 Å². The predicted molar refractivity (Wildman–Crippen MR) is 166 cm³/mol. The summed E-state index contributed by atoms with van der Waals surface area (Å²) in [5.74, 6) is 0.386. The van der Waals surface area contributed by atoms with Crippen molar-refractivity contribution in [3.8, 4) is 22.8 Å².